The van der Waals surface area contributed by atoms with Gasteiger partial charge in [0.1, 0.15) is 11.5 Å². The largest absolute Gasteiger partial charge is 0.335 e. The van der Waals surface area contributed by atoms with Gasteiger partial charge in [0.05, 0.1) is 29.2 Å². The Morgan fingerprint density at radius 2 is 1.77 bits per heavy atom. The standard InChI is InChI=1S/C28H26FN5O/c1-18-24(17-32(3)31-18)22-11-13-27-30-15-26(34(27)16-22)21-10-12-23(25(29)14-21)28(35)33(4)19(2)20-8-6-5-7-9-20/h5-17,19H,1-4H3/t19-/m0/s1. The second kappa shape index (κ2) is 8.83. The highest BCUT2D eigenvalue weighted by Gasteiger charge is 2.22. The SMILES string of the molecule is Cc1nn(C)cc1-c1ccc2ncc(-c3ccc(C(=O)N(C)[C@@H](C)c4ccccc4)c(F)c3)n2c1. The van der Waals surface area contributed by atoms with Gasteiger partial charge >= 0.3 is 0 Å². The average Bonchev–Trinajstić information content (AvgIpc) is 3.44. The number of amides is 1. The summed E-state index contributed by atoms with van der Waals surface area (Å²) in [6.45, 7) is 3.90. The van der Waals surface area contributed by atoms with Crippen LogP contribution < -0.4 is 0 Å². The number of carbonyl (C=O) groups is 1. The lowest BCUT2D eigenvalue weighted by Crippen LogP contribution is -2.30. The Morgan fingerprint density at radius 1 is 1.03 bits per heavy atom. The zero-order chi connectivity index (χ0) is 24.7. The first-order chi connectivity index (χ1) is 16.8. The molecular formula is C28H26FN5O. The third-order valence-corrected chi connectivity index (χ3v) is 6.51. The molecule has 3 heterocycles. The van der Waals surface area contributed by atoms with Crippen molar-refractivity contribution in [3.8, 4) is 22.4 Å². The molecule has 3 aromatic heterocycles. The first-order valence-corrected chi connectivity index (χ1v) is 11.4. The summed E-state index contributed by atoms with van der Waals surface area (Å²) in [7, 11) is 3.58. The number of imidazole rings is 1. The number of fused-ring (bicyclic) bond motifs is 1. The lowest BCUT2D eigenvalue weighted by molar-refractivity contribution is 0.0738. The van der Waals surface area contributed by atoms with E-state index in [1.165, 1.54) is 6.07 Å². The Hall–Kier alpha value is -4.26. The number of carbonyl (C=O) groups excluding carboxylic acids is 1. The van der Waals surface area contributed by atoms with Gasteiger partial charge in [-0.15, -0.1) is 0 Å². The van der Waals surface area contributed by atoms with E-state index in [4.69, 9.17) is 0 Å². The van der Waals surface area contributed by atoms with E-state index in [0.717, 1.165) is 33.7 Å². The van der Waals surface area contributed by atoms with Crippen LogP contribution >= 0.6 is 0 Å². The topological polar surface area (TPSA) is 55.4 Å². The lowest BCUT2D eigenvalue weighted by atomic mass is 10.0. The van der Waals surface area contributed by atoms with Gasteiger partial charge in [-0.3, -0.25) is 13.9 Å². The molecule has 0 aliphatic rings. The summed E-state index contributed by atoms with van der Waals surface area (Å²) >= 11 is 0. The molecule has 2 aromatic carbocycles. The molecule has 0 aliphatic heterocycles. The molecule has 35 heavy (non-hydrogen) atoms. The number of nitrogens with zero attached hydrogens (tertiary/aromatic N) is 5. The maximum Gasteiger partial charge on any atom is 0.257 e. The molecule has 0 unspecified atom stereocenters. The quantitative estimate of drug-likeness (QED) is 0.334. The van der Waals surface area contributed by atoms with E-state index >= 15 is 4.39 Å². The third-order valence-electron chi connectivity index (χ3n) is 6.51. The predicted octanol–water partition coefficient (Wildman–Crippen LogP) is 5.68. The highest BCUT2D eigenvalue weighted by Crippen LogP contribution is 2.28. The summed E-state index contributed by atoms with van der Waals surface area (Å²) in [5.74, 6) is -0.924. The lowest BCUT2D eigenvalue weighted by Gasteiger charge is -2.25. The normalized spacial score (nSPS) is 12.1. The van der Waals surface area contributed by atoms with Gasteiger partial charge in [0.2, 0.25) is 0 Å². The van der Waals surface area contributed by atoms with Crippen molar-refractivity contribution in [1.29, 1.82) is 0 Å². The number of rotatable bonds is 5. The van der Waals surface area contributed by atoms with E-state index in [1.807, 2.05) is 80.2 Å². The first kappa shape index (κ1) is 22.5. The fourth-order valence-corrected chi connectivity index (χ4v) is 4.41. The maximum atomic E-state index is 15.2. The van der Waals surface area contributed by atoms with Gasteiger partial charge in [0.25, 0.3) is 5.91 Å². The Labute approximate surface area is 203 Å². The number of aromatic nitrogens is 4. The van der Waals surface area contributed by atoms with E-state index in [2.05, 4.69) is 10.1 Å². The molecule has 5 rings (SSSR count). The average molecular weight is 468 g/mol. The molecule has 0 fully saturated rings. The van der Waals surface area contributed by atoms with E-state index in [-0.39, 0.29) is 17.5 Å². The molecular weight excluding hydrogens is 441 g/mol. The number of halogens is 1. The monoisotopic (exact) mass is 467 g/mol. The third kappa shape index (κ3) is 4.10. The van der Waals surface area contributed by atoms with Gasteiger partial charge in [0.15, 0.2) is 0 Å². The second-order valence-electron chi connectivity index (χ2n) is 8.79. The van der Waals surface area contributed by atoms with Crippen LogP contribution in [0.4, 0.5) is 4.39 Å². The van der Waals surface area contributed by atoms with E-state index in [1.54, 1.807) is 35.0 Å². The summed E-state index contributed by atoms with van der Waals surface area (Å²) < 4.78 is 18.9. The van der Waals surface area contributed by atoms with Crippen LogP contribution in [0.3, 0.4) is 0 Å². The second-order valence-corrected chi connectivity index (χ2v) is 8.79. The molecule has 1 atom stereocenters. The number of aryl methyl sites for hydroxylation is 2. The number of benzene rings is 2. The highest BCUT2D eigenvalue weighted by molar-refractivity contribution is 5.95. The van der Waals surface area contributed by atoms with Crippen LogP contribution in [0.5, 0.6) is 0 Å². The Morgan fingerprint density at radius 3 is 2.46 bits per heavy atom. The van der Waals surface area contributed by atoms with Crippen molar-refractivity contribution in [3.05, 3.63) is 102 Å². The number of pyridine rings is 1. The zero-order valence-corrected chi connectivity index (χ0v) is 20.1. The van der Waals surface area contributed by atoms with Gasteiger partial charge in [-0.05, 0) is 43.7 Å². The van der Waals surface area contributed by atoms with Gasteiger partial charge < -0.3 is 4.90 Å². The van der Waals surface area contributed by atoms with Crippen molar-refractivity contribution in [1.82, 2.24) is 24.1 Å². The van der Waals surface area contributed by atoms with Crippen molar-refractivity contribution in [2.45, 2.75) is 19.9 Å². The van der Waals surface area contributed by atoms with Crippen LogP contribution in [-0.2, 0) is 7.05 Å². The minimum Gasteiger partial charge on any atom is -0.335 e. The van der Waals surface area contributed by atoms with Crippen molar-refractivity contribution >= 4 is 11.6 Å². The summed E-state index contributed by atoms with van der Waals surface area (Å²) in [5.41, 5.74) is 6.12. The van der Waals surface area contributed by atoms with Crippen LogP contribution in [0.1, 0.15) is 34.6 Å². The van der Waals surface area contributed by atoms with Crippen LogP contribution in [0, 0.1) is 12.7 Å². The summed E-state index contributed by atoms with van der Waals surface area (Å²) in [6.07, 6.45) is 5.67. The van der Waals surface area contributed by atoms with Gasteiger partial charge in [-0.2, -0.15) is 5.10 Å². The van der Waals surface area contributed by atoms with Crippen LogP contribution in [0.15, 0.2) is 79.3 Å². The Bertz CT molecular complexity index is 1540. The summed E-state index contributed by atoms with van der Waals surface area (Å²) in [5, 5.41) is 4.43. The minimum absolute atomic E-state index is 0.0412. The molecule has 0 saturated heterocycles. The smallest absolute Gasteiger partial charge is 0.257 e. The van der Waals surface area contributed by atoms with Crippen LogP contribution in [0.25, 0.3) is 28.0 Å². The molecule has 0 N–H and O–H groups in total. The first-order valence-electron chi connectivity index (χ1n) is 11.4. The molecule has 0 radical (unpaired) electrons. The van der Waals surface area contributed by atoms with Gasteiger partial charge in [-0.1, -0.05) is 36.4 Å². The number of hydrogen-bond acceptors (Lipinski definition) is 3. The van der Waals surface area contributed by atoms with Crippen LogP contribution in [-0.4, -0.2) is 37.0 Å². The number of hydrogen-bond donors (Lipinski definition) is 0. The summed E-state index contributed by atoms with van der Waals surface area (Å²) in [6, 6.07) is 18.2. The Kier molecular flexibility index (Phi) is 5.68. The minimum atomic E-state index is -0.561. The van der Waals surface area contributed by atoms with Gasteiger partial charge in [-0.25, -0.2) is 9.37 Å². The zero-order valence-electron chi connectivity index (χ0n) is 20.1. The highest BCUT2D eigenvalue weighted by atomic mass is 19.1. The van der Waals surface area contributed by atoms with E-state index in [0.29, 0.717) is 5.56 Å². The van der Waals surface area contributed by atoms with Crippen molar-refractivity contribution < 1.29 is 9.18 Å². The molecule has 1 amide bonds. The molecule has 0 saturated carbocycles. The van der Waals surface area contributed by atoms with Crippen molar-refractivity contribution in [3.63, 3.8) is 0 Å². The van der Waals surface area contributed by atoms with E-state index < -0.39 is 5.82 Å². The maximum absolute atomic E-state index is 15.2. The fourth-order valence-electron chi connectivity index (χ4n) is 4.41. The molecule has 0 spiro atoms. The Balaban J connectivity index is 1.47. The molecule has 7 heteroatoms. The molecule has 176 valence electrons. The molecule has 6 nitrogen and oxygen atoms in total. The van der Waals surface area contributed by atoms with Crippen molar-refractivity contribution in [2.24, 2.45) is 7.05 Å². The van der Waals surface area contributed by atoms with Crippen LogP contribution in [0.2, 0.25) is 0 Å². The fraction of sp³-hybridized carbons (Fsp3) is 0.179. The van der Waals surface area contributed by atoms with Crippen molar-refractivity contribution in [2.75, 3.05) is 7.05 Å². The molecule has 5 aromatic rings. The summed E-state index contributed by atoms with van der Waals surface area (Å²) in [4.78, 5) is 19.1. The molecule has 0 aliphatic carbocycles. The molecule has 0 bridgehead atoms. The van der Waals surface area contributed by atoms with E-state index in [9.17, 15) is 4.79 Å². The van der Waals surface area contributed by atoms with Gasteiger partial charge in [0, 0.05) is 43.2 Å². The predicted molar refractivity (Wildman–Crippen MR) is 134 cm³/mol.